The van der Waals surface area contributed by atoms with Crippen LogP contribution in [0.15, 0.2) is 48.5 Å². The van der Waals surface area contributed by atoms with Crippen LogP contribution in [0.3, 0.4) is 0 Å². The quantitative estimate of drug-likeness (QED) is 0.662. The summed E-state index contributed by atoms with van der Waals surface area (Å²) in [4.78, 5) is 0. The van der Waals surface area contributed by atoms with Crippen molar-refractivity contribution in [3.8, 4) is 11.5 Å². The van der Waals surface area contributed by atoms with Crippen molar-refractivity contribution >= 4 is 41.4 Å². The Balaban J connectivity index is 2.08. The maximum absolute atomic E-state index is 12.0. The van der Waals surface area contributed by atoms with Crippen molar-refractivity contribution in [2.24, 2.45) is 0 Å². The molecule has 2 aromatic carbocycles. The molecular formula is C12H8Cl3O3P. The van der Waals surface area contributed by atoms with E-state index in [4.69, 9.17) is 43.5 Å². The van der Waals surface area contributed by atoms with E-state index in [1.54, 1.807) is 48.5 Å². The molecule has 2 aromatic rings. The molecule has 0 bridgehead atoms. The van der Waals surface area contributed by atoms with Gasteiger partial charge in [0.2, 0.25) is 0 Å². The number of hydrogen-bond donors (Lipinski definition) is 0. The number of benzene rings is 2. The molecule has 0 heterocycles. The molecule has 0 aromatic heterocycles. The first-order valence-electron chi connectivity index (χ1n) is 5.15. The van der Waals surface area contributed by atoms with Crippen LogP contribution in [0.25, 0.3) is 0 Å². The molecule has 0 N–H and O–H groups in total. The van der Waals surface area contributed by atoms with Crippen LogP contribution in [0.4, 0.5) is 0 Å². The van der Waals surface area contributed by atoms with E-state index in [9.17, 15) is 4.57 Å². The summed E-state index contributed by atoms with van der Waals surface area (Å²) in [6, 6.07) is 12.6. The molecule has 0 aliphatic rings. The van der Waals surface area contributed by atoms with Crippen molar-refractivity contribution in [3.63, 3.8) is 0 Å². The molecular weight excluding hydrogens is 329 g/mol. The highest BCUT2D eigenvalue weighted by Gasteiger charge is 2.24. The first-order valence-corrected chi connectivity index (χ1v) is 8.35. The Morgan fingerprint density at radius 1 is 0.737 bits per heavy atom. The van der Waals surface area contributed by atoms with Gasteiger partial charge in [-0.3, -0.25) is 0 Å². The van der Waals surface area contributed by atoms with Crippen LogP contribution in [0.5, 0.6) is 11.5 Å². The van der Waals surface area contributed by atoms with Crippen molar-refractivity contribution in [1.29, 1.82) is 0 Å². The summed E-state index contributed by atoms with van der Waals surface area (Å²) in [7, 11) is 0. The van der Waals surface area contributed by atoms with Crippen molar-refractivity contribution in [1.82, 2.24) is 0 Å². The van der Waals surface area contributed by atoms with Gasteiger partial charge < -0.3 is 9.05 Å². The van der Waals surface area contributed by atoms with Crippen LogP contribution >= 0.6 is 41.4 Å². The van der Waals surface area contributed by atoms with Gasteiger partial charge >= 0.3 is 6.95 Å². The highest BCUT2D eigenvalue weighted by atomic mass is 35.7. The fraction of sp³-hybridized carbons (Fsp3) is 0. The minimum absolute atomic E-state index is 0.302. The second-order valence-corrected chi connectivity index (χ2v) is 6.86. The Morgan fingerprint density at radius 3 is 1.37 bits per heavy atom. The topological polar surface area (TPSA) is 35.5 Å². The molecule has 7 heteroatoms. The molecule has 3 nitrogen and oxygen atoms in total. The Kier molecular flexibility index (Phi) is 4.64. The third kappa shape index (κ3) is 4.63. The minimum atomic E-state index is -3.78. The van der Waals surface area contributed by atoms with E-state index in [0.717, 1.165) is 0 Å². The van der Waals surface area contributed by atoms with E-state index in [0.29, 0.717) is 21.5 Å². The van der Waals surface area contributed by atoms with Gasteiger partial charge in [-0.2, -0.15) is 0 Å². The zero-order valence-corrected chi connectivity index (χ0v) is 12.6. The predicted octanol–water partition coefficient (Wildman–Crippen LogP) is 5.80. The molecule has 0 aliphatic heterocycles. The molecule has 0 spiro atoms. The average Bonchev–Trinajstić information content (AvgIpc) is 2.34. The van der Waals surface area contributed by atoms with E-state index in [1.165, 1.54) is 0 Å². The Hall–Kier alpha value is -0.860. The Morgan fingerprint density at radius 2 is 1.05 bits per heavy atom. The summed E-state index contributed by atoms with van der Waals surface area (Å²) < 4.78 is 22.2. The molecule has 2 rings (SSSR count). The fourth-order valence-corrected chi connectivity index (χ4v) is 2.78. The summed E-state index contributed by atoms with van der Waals surface area (Å²) in [6.07, 6.45) is 0. The van der Waals surface area contributed by atoms with Crippen LogP contribution in [-0.4, -0.2) is 0 Å². The van der Waals surface area contributed by atoms with Crippen molar-refractivity contribution < 1.29 is 13.6 Å². The van der Waals surface area contributed by atoms with Gasteiger partial charge in [0.15, 0.2) is 0 Å². The molecule has 19 heavy (non-hydrogen) atoms. The second-order valence-electron chi connectivity index (χ2n) is 3.52. The third-order valence-electron chi connectivity index (χ3n) is 2.06. The lowest BCUT2D eigenvalue weighted by molar-refractivity contribution is 0.406. The van der Waals surface area contributed by atoms with E-state index >= 15 is 0 Å². The van der Waals surface area contributed by atoms with Gasteiger partial charge in [0.05, 0.1) is 0 Å². The lowest BCUT2D eigenvalue weighted by Crippen LogP contribution is -1.95. The van der Waals surface area contributed by atoms with Crippen molar-refractivity contribution in [3.05, 3.63) is 58.6 Å². The van der Waals surface area contributed by atoms with E-state index in [1.807, 2.05) is 0 Å². The Bertz CT molecular complexity index is 547. The number of rotatable bonds is 4. The van der Waals surface area contributed by atoms with Gasteiger partial charge in [0.1, 0.15) is 11.5 Å². The van der Waals surface area contributed by atoms with Gasteiger partial charge in [0.25, 0.3) is 0 Å². The minimum Gasteiger partial charge on any atom is -0.405 e. The highest BCUT2D eigenvalue weighted by molar-refractivity contribution is 7.82. The van der Waals surface area contributed by atoms with E-state index in [-0.39, 0.29) is 0 Å². The molecule has 0 aliphatic carbocycles. The van der Waals surface area contributed by atoms with E-state index in [2.05, 4.69) is 0 Å². The first kappa shape index (κ1) is 14.5. The van der Waals surface area contributed by atoms with Crippen LogP contribution in [-0.2, 0) is 4.57 Å². The molecule has 100 valence electrons. The predicted molar refractivity (Wildman–Crippen MR) is 77.6 cm³/mol. The smallest absolute Gasteiger partial charge is 0.405 e. The van der Waals surface area contributed by atoms with Gasteiger partial charge in [-0.25, -0.2) is 4.57 Å². The molecule has 0 saturated heterocycles. The molecule has 0 unspecified atom stereocenters. The summed E-state index contributed by atoms with van der Waals surface area (Å²) >= 11 is 17.2. The standard InChI is InChI=1S/C12H8Cl3O3P/c13-9-1-5-11(6-2-9)17-19(15,16)18-12-7-3-10(14)4-8-12/h1-8H. The lowest BCUT2D eigenvalue weighted by atomic mass is 10.3. The van der Waals surface area contributed by atoms with Gasteiger partial charge in [-0.15, -0.1) is 0 Å². The summed E-state index contributed by atoms with van der Waals surface area (Å²) in [5.41, 5.74) is 0. The maximum Gasteiger partial charge on any atom is 0.530 e. The van der Waals surface area contributed by atoms with Gasteiger partial charge in [-0.1, -0.05) is 23.2 Å². The highest BCUT2D eigenvalue weighted by Crippen LogP contribution is 2.53. The largest absolute Gasteiger partial charge is 0.530 e. The summed E-state index contributed by atoms with van der Waals surface area (Å²) in [5, 5.41) is 1.07. The zero-order chi connectivity index (χ0) is 13.9. The lowest BCUT2D eigenvalue weighted by Gasteiger charge is -2.13. The second kappa shape index (κ2) is 6.06. The van der Waals surface area contributed by atoms with Crippen molar-refractivity contribution in [2.75, 3.05) is 0 Å². The summed E-state index contributed by atoms with van der Waals surface area (Å²) in [5.74, 6) is 0.605. The molecule has 0 atom stereocenters. The summed E-state index contributed by atoms with van der Waals surface area (Å²) in [6.45, 7) is -3.78. The molecule has 0 saturated carbocycles. The Labute approximate surface area is 125 Å². The fourth-order valence-electron chi connectivity index (χ4n) is 1.26. The third-order valence-corrected chi connectivity index (χ3v) is 3.83. The van der Waals surface area contributed by atoms with Gasteiger partial charge in [-0.05, 0) is 48.5 Å². The zero-order valence-electron chi connectivity index (χ0n) is 9.42. The molecule has 0 fully saturated rings. The molecule has 0 radical (unpaired) electrons. The normalized spacial score (nSPS) is 11.1. The maximum atomic E-state index is 12.0. The SMILES string of the molecule is O=P(Cl)(Oc1ccc(Cl)cc1)Oc1ccc(Cl)cc1. The monoisotopic (exact) mass is 336 g/mol. The first-order chi connectivity index (χ1) is 8.94. The number of hydrogen-bond acceptors (Lipinski definition) is 3. The van der Waals surface area contributed by atoms with Gasteiger partial charge in [0, 0.05) is 21.3 Å². The number of halogens is 3. The van der Waals surface area contributed by atoms with Crippen LogP contribution in [0.1, 0.15) is 0 Å². The van der Waals surface area contributed by atoms with E-state index < -0.39 is 6.95 Å². The van der Waals surface area contributed by atoms with Crippen LogP contribution in [0.2, 0.25) is 10.0 Å². The molecule has 0 amide bonds. The average molecular weight is 338 g/mol. The van der Waals surface area contributed by atoms with Crippen LogP contribution in [0, 0.1) is 0 Å². The van der Waals surface area contributed by atoms with Crippen molar-refractivity contribution in [2.45, 2.75) is 0 Å². The van der Waals surface area contributed by atoms with Crippen LogP contribution < -0.4 is 9.05 Å².